The number of hydrogen-bond donors (Lipinski definition) is 0. The summed E-state index contributed by atoms with van der Waals surface area (Å²) in [5.41, 5.74) is 7.00. The third-order valence-corrected chi connectivity index (χ3v) is 5.15. The van der Waals surface area contributed by atoms with Crippen molar-refractivity contribution in [2.75, 3.05) is 0 Å². The Morgan fingerprint density at radius 3 is 1.77 bits per heavy atom. The molecule has 0 aliphatic heterocycles. The molecule has 0 spiro atoms. The Hall–Kier alpha value is -0.748. The minimum Gasteiger partial charge on any atom is -1.00 e. The van der Waals surface area contributed by atoms with E-state index in [4.69, 9.17) is 0 Å². The number of halogens is 2. The summed E-state index contributed by atoms with van der Waals surface area (Å²) in [4.78, 5) is 1.31. The second kappa shape index (κ2) is 14.3. The second-order valence-electron chi connectivity index (χ2n) is 5.75. The minimum absolute atomic E-state index is 0. The first-order chi connectivity index (χ1) is 11.1. The summed E-state index contributed by atoms with van der Waals surface area (Å²) in [7, 11) is 0. The third-order valence-electron chi connectivity index (χ3n) is 4.09. The molecule has 3 aromatic rings. The van der Waals surface area contributed by atoms with E-state index < -0.39 is 0 Å². The Labute approximate surface area is 186 Å². The molecule has 0 saturated heterocycles. The maximum Gasteiger partial charge on any atom is 4.00 e. The normalized spacial score (nSPS) is 8.92. The largest absolute Gasteiger partial charge is 4.00 e. The summed E-state index contributed by atoms with van der Waals surface area (Å²) >= 11 is 1.84. The van der Waals surface area contributed by atoms with Gasteiger partial charge >= 0.3 is 17.4 Å². The van der Waals surface area contributed by atoms with Gasteiger partial charge in [0.2, 0.25) is 0 Å². The standard InChI is InChI=1S/C13H11S.C9H13.2ClH.Cr/c1-3-7-12(8-4-1)11-14-13-9-5-2-6-10-13;1-6-5-7(2)9(4)8(6)3;;;/h1-7,9-10H,11H2;5H,1-4H3;2*1H;/q2*-1;;;+4/p-2. The first-order valence-corrected chi connectivity index (χ1v) is 8.90. The molecule has 26 heavy (non-hydrogen) atoms. The zero-order valence-electron chi connectivity index (χ0n) is 15.6. The molecule has 0 aliphatic carbocycles. The Morgan fingerprint density at radius 2 is 1.35 bits per heavy atom. The third kappa shape index (κ3) is 8.76. The van der Waals surface area contributed by atoms with Gasteiger partial charge in [-0.25, -0.2) is 0 Å². The SMILES string of the molecule is Cc1[cH-]c(C)c(C)c1C.[Cl-].[Cl-].[Cr+4].[c-]1ccccc1CSc1ccccc1. The van der Waals surface area contributed by atoms with Crippen LogP contribution < -0.4 is 24.8 Å². The van der Waals surface area contributed by atoms with Crippen molar-refractivity contribution in [3.8, 4) is 0 Å². The van der Waals surface area contributed by atoms with Gasteiger partial charge in [0, 0.05) is 10.6 Å². The molecule has 0 saturated carbocycles. The molecule has 0 heterocycles. The Kier molecular flexibility index (Phi) is 15.1. The van der Waals surface area contributed by atoms with Crippen LogP contribution in [0.15, 0.2) is 65.6 Å². The number of benzene rings is 2. The van der Waals surface area contributed by atoms with Crippen molar-refractivity contribution in [1.82, 2.24) is 0 Å². The van der Waals surface area contributed by atoms with Gasteiger partial charge in [0.05, 0.1) is 0 Å². The second-order valence-corrected chi connectivity index (χ2v) is 6.80. The van der Waals surface area contributed by atoms with Crippen molar-refractivity contribution in [2.45, 2.75) is 38.3 Å². The molecule has 4 heteroatoms. The Morgan fingerprint density at radius 1 is 0.808 bits per heavy atom. The zero-order chi connectivity index (χ0) is 16.7. The van der Waals surface area contributed by atoms with Gasteiger partial charge in [0.25, 0.3) is 0 Å². The van der Waals surface area contributed by atoms with Gasteiger partial charge in [-0.3, -0.25) is 0 Å². The predicted octanol–water partition coefficient (Wildman–Crippen LogP) is 0.424. The average Bonchev–Trinajstić information content (AvgIpc) is 2.81. The molecule has 3 aromatic carbocycles. The van der Waals surface area contributed by atoms with Crippen molar-refractivity contribution in [3.05, 3.63) is 94.5 Å². The molecular formula is C22H24Cl2CrS. The Balaban J connectivity index is 0. The fraction of sp³-hybridized carbons (Fsp3) is 0.227. The van der Waals surface area contributed by atoms with E-state index in [1.807, 2.05) is 30.0 Å². The molecule has 3 rings (SSSR count). The maximum atomic E-state index is 3.22. The number of aryl methyl sites for hydroxylation is 2. The fourth-order valence-corrected chi connectivity index (χ4v) is 3.18. The van der Waals surface area contributed by atoms with Gasteiger partial charge in [-0.15, -0.1) is 11.8 Å². The first kappa shape index (κ1) is 27.5. The monoisotopic (exact) mass is 442 g/mol. The summed E-state index contributed by atoms with van der Waals surface area (Å²) in [6, 6.07) is 24.0. The molecule has 0 atom stereocenters. The maximum absolute atomic E-state index is 3.22. The van der Waals surface area contributed by atoms with E-state index in [-0.39, 0.29) is 42.2 Å². The van der Waals surface area contributed by atoms with Crippen LogP contribution in [-0.4, -0.2) is 0 Å². The number of hydrogen-bond acceptors (Lipinski definition) is 1. The van der Waals surface area contributed by atoms with Gasteiger partial charge in [0.15, 0.2) is 0 Å². The van der Waals surface area contributed by atoms with Crippen LogP contribution in [0.25, 0.3) is 0 Å². The van der Waals surface area contributed by atoms with Gasteiger partial charge in [-0.1, -0.05) is 45.9 Å². The topological polar surface area (TPSA) is 0 Å². The number of rotatable bonds is 3. The summed E-state index contributed by atoms with van der Waals surface area (Å²) in [5, 5.41) is 0. The van der Waals surface area contributed by atoms with E-state index in [0.29, 0.717) is 0 Å². The smallest absolute Gasteiger partial charge is 1.00 e. The van der Waals surface area contributed by atoms with E-state index in [9.17, 15) is 0 Å². The van der Waals surface area contributed by atoms with Crippen LogP contribution in [0.4, 0.5) is 0 Å². The minimum atomic E-state index is 0. The average molecular weight is 443 g/mol. The molecule has 0 radical (unpaired) electrons. The number of thioether (sulfide) groups is 1. The van der Waals surface area contributed by atoms with Crippen molar-refractivity contribution in [2.24, 2.45) is 0 Å². The van der Waals surface area contributed by atoms with Gasteiger partial charge in [0.1, 0.15) is 0 Å². The quantitative estimate of drug-likeness (QED) is 0.418. The summed E-state index contributed by atoms with van der Waals surface area (Å²) in [6.07, 6.45) is 0. The van der Waals surface area contributed by atoms with Crippen LogP contribution in [0.1, 0.15) is 27.8 Å². The van der Waals surface area contributed by atoms with Crippen molar-refractivity contribution >= 4 is 11.8 Å². The van der Waals surface area contributed by atoms with Crippen molar-refractivity contribution < 1.29 is 42.2 Å². The molecule has 0 aliphatic rings. The Bertz CT molecular complexity index is 663. The van der Waals surface area contributed by atoms with Gasteiger partial charge < -0.3 is 24.8 Å². The molecule has 138 valence electrons. The molecular weight excluding hydrogens is 419 g/mol. The van der Waals surface area contributed by atoms with Crippen LogP contribution >= 0.6 is 11.8 Å². The van der Waals surface area contributed by atoms with Gasteiger partial charge in [-0.2, -0.15) is 64.2 Å². The molecule has 0 N–H and O–H groups in total. The van der Waals surface area contributed by atoms with Gasteiger partial charge in [-0.05, 0) is 12.1 Å². The molecule has 0 fully saturated rings. The predicted molar refractivity (Wildman–Crippen MR) is 102 cm³/mol. The summed E-state index contributed by atoms with van der Waals surface area (Å²) in [6.45, 7) is 8.68. The zero-order valence-corrected chi connectivity index (χ0v) is 19.2. The van der Waals surface area contributed by atoms with Crippen LogP contribution in [0.5, 0.6) is 0 Å². The molecule has 0 aromatic heterocycles. The molecule has 0 nitrogen and oxygen atoms in total. The van der Waals surface area contributed by atoms with Crippen molar-refractivity contribution in [1.29, 1.82) is 0 Å². The fourth-order valence-electron chi connectivity index (χ4n) is 2.33. The molecule has 0 amide bonds. The van der Waals surface area contributed by atoms with Crippen LogP contribution in [-0.2, 0) is 23.1 Å². The molecule has 0 bridgehead atoms. The van der Waals surface area contributed by atoms with E-state index in [1.54, 1.807) is 0 Å². The van der Waals surface area contributed by atoms with Crippen LogP contribution in [0.3, 0.4) is 0 Å². The van der Waals surface area contributed by atoms with E-state index in [2.05, 4.69) is 76.2 Å². The summed E-state index contributed by atoms with van der Waals surface area (Å²) < 4.78 is 0. The first-order valence-electron chi connectivity index (χ1n) is 7.91. The van der Waals surface area contributed by atoms with E-state index in [0.717, 1.165) is 5.75 Å². The van der Waals surface area contributed by atoms with E-state index in [1.165, 1.54) is 32.7 Å². The van der Waals surface area contributed by atoms with Crippen molar-refractivity contribution in [3.63, 3.8) is 0 Å². The molecule has 0 unspecified atom stereocenters. The van der Waals surface area contributed by atoms with Crippen LogP contribution in [0.2, 0.25) is 0 Å². The van der Waals surface area contributed by atoms with Crippen LogP contribution in [0, 0.1) is 33.8 Å². The van der Waals surface area contributed by atoms with E-state index >= 15 is 0 Å². The summed E-state index contributed by atoms with van der Waals surface area (Å²) in [5.74, 6) is 0.991.